The lowest BCUT2D eigenvalue weighted by Gasteiger charge is -2.17. The van der Waals surface area contributed by atoms with Gasteiger partial charge in [0.2, 0.25) is 5.91 Å². The second kappa shape index (κ2) is 8.68. The van der Waals surface area contributed by atoms with Gasteiger partial charge in [-0.25, -0.2) is 0 Å². The molecule has 2 atom stereocenters. The highest BCUT2D eigenvalue weighted by atomic mass is 16.5. The van der Waals surface area contributed by atoms with Crippen LogP contribution in [0.5, 0.6) is 0 Å². The van der Waals surface area contributed by atoms with E-state index in [1.165, 1.54) is 0 Å². The molecule has 0 saturated heterocycles. The van der Waals surface area contributed by atoms with Crippen molar-refractivity contribution < 1.29 is 9.53 Å². The number of methoxy groups -OCH3 is 1. The highest BCUT2D eigenvalue weighted by Crippen LogP contribution is 2.04. The first-order valence-electron chi connectivity index (χ1n) is 5.65. The molecular formula is C11H24N2O2. The molecule has 0 aromatic rings. The van der Waals surface area contributed by atoms with Crippen LogP contribution in [0.4, 0.5) is 0 Å². The maximum atomic E-state index is 11.5. The highest BCUT2D eigenvalue weighted by molar-refractivity contribution is 5.81. The largest absolute Gasteiger partial charge is 0.385 e. The van der Waals surface area contributed by atoms with Crippen LogP contribution in [0.2, 0.25) is 0 Å². The zero-order valence-electron chi connectivity index (χ0n) is 10.1. The summed E-state index contributed by atoms with van der Waals surface area (Å²) in [5, 5.41) is 2.84. The third-order valence-electron chi connectivity index (χ3n) is 2.63. The zero-order chi connectivity index (χ0) is 11.7. The van der Waals surface area contributed by atoms with Gasteiger partial charge in [0.05, 0.1) is 6.04 Å². The zero-order valence-corrected chi connectivity index (χ0v) is 10.1. The van der Waals surface area contributed by atoms with Gasteiger partial charge in [0.15, 0.2) is 0 Å². The van der Waals surface area contributed by atoms with E-state index in [1.807, 2.05) is 13.8 Å². The minimum Gasteiger partial charge on any atom is -0.385 e. The van der Waals surface area contributed by atoms with Crippen molar-refractivity contribution in [1.29, 1.82) is 0 Å². The molecule has 0 aromatic carbocycles. The van der Waals surface area contributed by atoms with Gasteiger partial charge in [-0.15, -0.1) is 0 Å². The minimum absolute atomic E-state index is 0.0400. The molecular weight excluding hydrogens is 192 g/mol. The number of nitrogens with two attached hydrogens (primary N) is 1. The van der Waals surface area contributed by atoms with Crippen LogP contribution in [0.3, 0.4) is 0 Å². The summed E-state index contributed by atoms with van der Waals surface area (Å²) in [4.78, 5) is 11.5. The Bertz CT molecular complexity index is 174. The molecule has 15 heavy (non-hydrogen) atoms. The molecule has 0 fully saturated rings. The van der Waals surface area contributed by atoms with Gasteiger partial charge in [-0.2, -0.15) is 0 Å². The van der Waals surface area contributed by atoms with Crippen LogP contribution < -0.4 is 11.1 Å². The van der Waals surface area contributed by atoms with E-state index < -0.39 is 0 Å². The Balaban J connectivity index is 3.56. The monoisotopic (exact) mass is 216 g/mol. The van der Waals surface area contributed by atoms with Crippen LogP contribution in [0, 0.1) is 5.92 Å². The third kappa shape index (κ3) is 6.47. The number of unbranched alkanes of at least 4 members (excludes halogenated alkanes) is 1. The van der Waals surface area contributed by atoms with E-state index in [-0.39, 0.29) is 17.9 Å². The molecule has 0 spiro atoms. The van der Waals surface area contributed by atoms with Crippen LogP contribution in [0.1, 0.15) is 33.1 Å². The van der Waals surface area contributed by atoms with E-state index in [1.54, 1.807) is 7.11 Å². The summed E-state index contributed by atoms with van der Waals surface area (Å²) in [6.07, 6.45) is 2.83. The van der Waals surface area contributed by atoms with Crippen LogP contribution >= 0.6 is 0 Å². The Hall–Kier alpha value is -0.610. The molecule has 0 aromatic heterocycles. The summed E-state index contributed by atoms with van der Waals surface area (Å²) < 4.78 is 4.91. The fourth-order valence-electron chi connectivity index (χ4n) is 1.21. The van der Waals surface area contributed by atoms with Crippen LogP contribution in [-0.4, -0.2) is 32.2 Å². The molecule has 1 amide bonds. The van der Waals surface area contributed by atoms with E-state index in [4.69, 9.17) is 10.5 Å². The summed E-state index contributed by atoms with van der Waals surface area (Å²) in [5.41, 5.74) is 5.78. The molecule has 4 nitrogen and oxygen atoms in total. The molecule has 4 heteroatoms. The molecule has 0 rings (SSSR count). The predicted molar refractivity (Wildman–Crippen MR) is 61.6 cm³/mol. The Kier molecular flexibility index (Phi) is 8.33. The number of hydrogen-bond acceptors (Lipinski definition) is 3. The van der Waals surface area contributed by atoms with Crippen molar-refractivity contribution >= 4 is 5.91 Å². The lowest BCUT2D eigenvalue weighted by Crippen LogP contribution is -2.44. The summed E-state index contributed by atoms with van der Waals surface area (Å²) in [6, 6.07) is -0.377. The molecule has 0 aliphatic carbocycles. The van der Waals surface area contributed by atoms with Gasteiger partial charge in [0, 0.05) is 20.3 Å². The van der Waals surface area contributed by atoms with Gasteiger partial charge in [-0.05, 0) is 18.8 Å². The topological polar surface area (TPSA) is 64.4 Å². The molecule has 0 radical (unpaired) electrons. The molecule has 0 heterocycles. The number of ether oxygens (including phenoxy) is 1. The summed E-state index contributed by atoms with van der Waals surface area (Å²) >= 11 is 0. The molecule has 0 aliphatic heterocycles. The number of carbonyl (C=O) groups is 1. The number of rotatable bonds is 8. The third-order valence-corrected chi connectivity index (χ3v) is 2.63. The van der Waals surface area contributed by atoms with Crippen molar-refractivity contribution in [3.05, 3.63) is 0 Å². The van der Waals surface area contributed by atoms with Gasteiger partial charge in [0.1, 0.15) is 0 Å². The second-order valence-corrected chi connectivity index (χ2v) is 3.90. The fourth-order valence-corrected chi connectivity index (χ4v) is 1.21. The van der Waals surface area contributed by atoms with Gasteiger partial charge in [0.25, 0.3) is 0 Å². The number of nitrogens with one attached hydrogen (secondary N) is 1. The summed E-state index contributed by atoms with van der Waals surface area (Å²) in [7, 11) is 1.68. The van der Waals surface area contributed by atoms with Crippen LogP contribution in [-0.2, 0) is 9.53 Å². The van der Waals surface area contributed by atoms with E-state index >= 15 is 0 Å². The van der Waals surface area contributed by atoms with Crippen molar-refractivity contribution in [3.63, 3.8) is 0 Å². The first kappa shape index (κ1) is 14.4. The maximum Gasteiger partial charge on any atom is 0.237 e. The molecule has 0 aliphatic rings. The van der Waals surface area contributed by atoms with Gasteiger partial charge in [-0.3, -0.25) is 4.79 Å². The minimum atomic E-state index is -0.377. The Morgan fingerprint density at radius 3 is 2.67 bits per heavy atom. The Labute approximate surface area is 92.6 Å². The van der Waals surface area contributed by atoms with Crippen molar-refractivity contribution in [3.8, 4) is 0 Å². The second-order valence-electron chi connectivity index (χ2n) is 3.90. The summed E-state index contributed by atoms with van der Waals surface area (Å²) in [5.74, 6) is 0.200. The average molecular weight is 216 g/mol. The molecule has 0 bridgehead atoms. The van der Waals surface area contributed by atoms with Crippen LogP contribution in [0.25, 0.3) is 0 Å². The van der Waals surface area contributed by atoms with E-state index in [0.717, 1.165) is 25.9 Å². The molecule has 0 saturated carbocycles. The Morgan fingerprint density at radius 2 is 2.13 bits per heavy atom. The van der Waals surface area contributed by atoms with Gasteiger partial charge < -0.3 is 15.8 Å². The first-order valence-corrected chi connectivity index (χ1v) is 5.65. The van der Waals surface area contributed by atoms with Crippen LogP contribution in [0.15, 0.2) is 0 Å². The SMILES string of the molecule is CCC(C)C(N)C(=O)NCCCCOC. The first-order chi connectivity index (χ1) is 7.13. The van der Waals surface area contributed by atoms with E-state index in [0.29, 0.717) is 6.54 Å². The number of hydrogen-bond donors (Lipinski definition) is 2. The Morgan fingerprint density at radius 1 is 1.47 bits per heavy atom. The average Bonchev–Trinajstić information content (AvgIpc) is 2.26. The molecule has 2 unspecified atom stereocenters. The standard InChI is InChI=1S/C11H24N2O2/c1-4-9(2)10(12)11(14)13-7-5-6-8-15-3/h9-10H,4-8,12H2,1-3H3,(H,13,14). The van der Waals surface area contributed by atoms with E-state index in [2.05, 4.69) is 5.32 Å². The fraction of sp³-hybridized carbons (Fsp3) is 0.909. The van der Waals surface area contributed by atoms with Gasteiger partial charge in [-0.1, -0.05) is 20.3 Å². The highest BCUT2D eigenvalue weighted by Gasteiger charge is 2.18. The predicted octanol–water partition coefficient (Wildman–Crippen LogP) is 0.903. The van der Waals surface area contributed by atoms with Gasteiger partial charge >= 0.3 is 0 Å². The lowest BCUT2D eigenvalue weighted by atomic mass is 9.99. The summed E-state index contributed by atoms with van der Waals surface area (Å²) in [6.45, 7) is 5.46. The molecule has 90 valence electrons. The van der Waals surface area contributed by atoms with Crippen molar-refractivity contribution in [2.45, 2.75) is 39.2 Å². The lowest BCUT2D eigenvalue weighted by molar-refractivity contribution is -0.123. The maximum absolute atomic E-state index is 11.5. The molecule has 3 N–H and O–H groups in total. The normalized spacial score (nSPS) is 14.7. The van der Waals surface area contributed by atoms with Crippen molar-refractivity contribution in [1.82, 2.24) is 5.32 Å². The van der Waals surface area contributed by atoms with Crippen molar-refractivity contribution in [2.24, 2.45) is 11.7 Å². The number of carbonyl (C=O) groups excluding carboxylic acids is 1. The van der Waals surface area contributed by atoms with Crippen molar-refractivity contribution in [2.75, 3.05) is 20.3 Å². The quantitative estimate of drug-likeness (QED) is 0.593. The smallest absolute Gasteiger partial charge is 0.237 e. The number of amides is 1. The van der Waals surface area contributed by atoms with E-state index in [9.17, 15) is 4.79 Å².